The van der Waals surface area contributed by atoms with Gasteiger partial charge in [-0.25, -0.2) is 4.98 Å². The minimum absolute atomic E-state index is 0.233. The molecule has 0 aliphatic heterocycles. The van der Waals surface area contributed by atoms with Crippen LogP contribution in [-0.2, 0) is 6.42 Å². The van der Waals surface area contributed by atoms with Gasteiger partial charge in [-0.1, -0.05) is 42.5 Å². The van der Waals surface area contributed by atoms with Crippen molar-refractivity contribution in [2.45, 2.75) is 19.3 Å². The van der Waals surface area contributed by atoms with E-state index < -0.39 is 0 Å². The standard InChI is InChI=1S/C29H29N3O2/c1-32(2)17-6-18-34-24-13-9-21(10-14-24)29-30-27(20-7-4-3-5-8-20)28(31-29)23-11-15-25-22(19-23)12-16-26(25)33/h3-5,7-11,13-15,19H,6,12,16-18H2,1-2H3,(H,30,31). The first kappa shape index (κ1) is 22.1. The lowest BCUT2D eigenvalue weighted by molar-refractivity contribution is 0.0994. The third-order valence-corrected chi connectivity index (χ3v) is 6.21. The van der Waals surface area contributed by atoms with Crippen LogP contribution in [0.5, 0.6) is 5.75 Å². The highest BCUT2D eigenvalue weighted by molar-refractivity contribution is 6.01. The molecule has 4 aromatic rings. The number of aryl methyl sites for hydroxylation is 1. The summed E-state index contributed by atoms with van der Waals surface area (Å²) in [5, 5.41) is 0. The molecule has 1 N–H and O–H groups in total. The highest BCUT2D eigenvalue weighted by atomic mass is 16.5. The number of H-pyrrole nitrogens is 1. The number of Topliss-reactive ketones (excluding diaryl/α,β-unsaturated/α-hetero) is 1. The van der Waals surface area contributed by atoms with E-state index in [-0.39, 0.29) is 5.78 Å². The number of aromatic nitrogens is 2. The second kappa shape index (κ2) is 9.65. The number of carbonyl (C=O) groups excluding carboxylic acids is 1. The molecule has 5 heteroatoms. The van der Waals surface area contributed by atoms with Crippen LogP contribution in [0.15, 0.2) is 72.8 Å². The summed E-state index contributed by atoms with van der Waals surface area (Å²) in [6, 6.07) is 24.4. The summed E-state index contributed by atoms with van der Waals surface area (Å²) < 4.78 is 5.88. The Morgan fingerprint density at radius 2 is 1.68 bits per heavy atom. The summed E-state index contributed by atoms with van der Waals surface area (Å²) in [5.74, 6) is 1.90. The smallest absolute Gasteiger partial charge is 0.163 e. The van der Waals surface area contributed by atoms with Crippen LogP contribution in [0, 0.1) is 0 Å². The minimum atomic E-state index is 0.233. The molecule has 34 heavy (non-hydrogen) atoms. The van der Waals surface area contributed by atoms with Crippen LogP contribution in [-0.4, -0.2) is 47.9 Å². The van der Waals surface area contributed by atoms with E-state index >= 15 is 0 Å². The van der Waals surface area contributed by atoms with E-state index in [1.165, 1.54) is 0 Å². The Labute approximate surface area is 200 Å². The number of aromatic amines is 1. The fourth-order valence-corrected chi connectivity index (χ4v) is 4.42. The van der Waals surface area contributed by atoms with Crippen LogP contribution < -0.4 is 4.74 Å². The molecule has 1 aliphatic carbocycles. The van der Waals surface area contributed by atoms with Gasteiger partial charge in [0.25, 0.3) is 0 Å². The summed E-state index contributed by atoms with van der Waals surface area (Å²) in [6.07, 6.45) is 2.39. The molecule has 0 radical (unpaired) electrons. The first-order valence-corrected chi connectivity index (χ1v) is 11.8. The van der Waals surface area contributed by atoms with Gasteiger partial charge < -0.3 is 14.6 Å². The molecule has 1 heterocycles. The number of fused-ring (bicyclic) bond motifs is 1. The molecule has 0 saturated carbocycles. The topological polar surface area (TPSA) is 58.2 Å². The minimum Gasteiger partial charge on any atom is -0.494 e. The lowest BCUT2D eigenvalue weighted by Crippen LogP contribution is -2.15. The first-order valence-electron chi connectivity index (χ1n) is 11.8. The van der Waals surface area contributed by atoms with Gasteiger partial charge >= 0.3 is 0 Å². The molecule has 3 aromatic carbocycles. The SMILES string of the molecule is CN(C)CCCOc1ccc(-c2nc(-c3ccc4c(c3)CCC4=O)c(-c3ccccc3)[nH]2)cc1. The van der Waals surface area contributed by atoms with E-state index in [1.54, 1.807) is 0 Å². The average molecular weight is 452 g/mol. The number of nitrogens with one attached hydrogen (secondary N) is 1. The predicted molar refractivity (Wildman–Crippen MR) is 136 cm³/mol. The maximum Gasteiger partial charge on any atom is 0.163 e. The third kappa shape index (κ3) is 4.66. The molecule has 5 rings (SSSR count). The van der Waals surface area contributed by atoms with Crippen molar-refractivity contribution in [1.29, 1.82) is 0 Å². The molecule has 1 aromatic heterocycles. The monoisotopic (exact) mass is 451 g/mol. The van der Waals surface area contributed by atoms with Crippen molar-refractivity contribution in [3.8, 4) is 39.7 Å². The molecule has 1 aliphatic rings. The summed E-state index contributed by atoms with van der Waals surface area (Å²) in [6.45, 7) is 1.70. The third-order valence-electron chi connectivity index (χ3n) is 6.21. The van der Waals surface area contributed by atoms with Crippen molar-refractivity contribution in [3.63, 3.8) is 0 Å². The molecule has 0 amide bonds. The van der Waals surface area contributed by atoms with Gasteiger partial charge in [0.05, 0.1) is 18.0 Å². The number of imidazole rings is 1. The van der Waals surface area contributed by atoms with Crippen LogP contribution in [0.3, 0.4) is 0 Å². The fraction of sp³-hybridized carbons (Fsp3) is 0.241. The molecule has 5 nitrogen and oxygen atoms in total. The number of ketones is 1. The van der Waals surface area contributed by atoms with Gasteiger partial charge in [0, 0.05) is 35.2 Å². The quantitative estimate of drug-likeness (QED) is 0.340. The zero-order chi connectivity index (χ0) is 23.5. The van der Waals surface area contributed by atoms with E-state index in [1.807, 2.05) is 54.6 Å². The van der Waals surface area contributed by atoms with Crippen LogP contribution in [0.1, 0.15) is 28.8 Å². The molecular weight excluding hydrogens is 422 g/mol. The molecule has 0 bridgehead atoms. The number of benzene rings is 3. The van der Waals surface area contributed by atoms with Crippen molar-refractivity contribution in [3.05, 3.63) is 83.9 Å². The van der Waals surface area contributed by atoms with Crippen molar-refractivity contribution < 1.29 is 9.53 Å². The zero-order valence-corrected chi connectivity index (χ0v) is 19.7. The Morgan fingerprint density at radius 3 is 2.44 bits per heavy atom. The molecule has 0 unspecified atom stereocenters. The molecule has 0 saturated heterocycles. The zero-order valence-electron chi connectivity index (χ0n) is 19.7. The average Bonchev–Trinajstić information content (AvgIpc) is 3.47. The van der Waals surface area contributed by atoms with Crippen LogP contribution in [0.4, 0.5) is 0 Å². The van der Waals surface area contributed by atoms with Crippen molar-refractivity contribution in [2.75, 3.05) is 27.2 Å². The fourth-order valence-electron chi connectivity index (χ4n) is 4.42. The Kier molecular flexibility index (Phi) is 6.28. The summed E-state index contributed by atoms with van der Waals surface area (Å²) in [5.41, 5.74) is 6.93. The maximum atomic E-state index is 12.1. The Morgan fingerprint density at radius 1 is 0.912 bits per heavy atom. The van der Waals surface area contributed by atoms with Crippen molar-refractivity contribution in [1.82, 2.24) is 14.9 Å². The molecule has 0 spiro atoms. The van der Waals surface area contributed by atoms with Gasteiger partial charge in [0.1, 0.15) is 11.6 Å². The normalized spacial score (nSPS) is 12.9. The number of rotatable bonds is 8. The highest BCUT2D eigenvalue weighted by Gasteiger charge is 2.22. The lowest BCUT2D eigenvalue weighted by atomic mass is 10.0. The Bertz CT molecular complexity index is 1290. The van der Waals surface area contributed by atoms with Gasteiger partial charge in [-0.05, 0) is 62.8 Å². The number of hydrogen-bond donors (Lipinski definition) is 1. The van der Waals surface area contributed by atoms with Crippen LogP contribution >= 0.6 is 0 Å². The van der Waals surface area contributed by atoms with Gasteiger partial charge in [0.15, 0.2) is 5.78 Å². The molecule has 0 fully saturated rings. The van der Waals surface area contributed by atoms with E-state index in [0.717, 1.165) is 70.2 Å². The summed E-state index contributed by atoms with van der Waals surface area (Å²) in [4.78, 5) is 22.8. The van der Waals surface area contributed by atoms with Crippen molar-refractivity contribution in [2.24, 2.45) is 0 Å². The van der Waals surface area contributed by atoms with Gasteiger partial charge in [-0.15, -0.1) is 0 Å². The molecule has 0 atom stereocenters. The van der Waals surface area contributed by atoms with E-state index in [2.05, 4.69) is 42.2 Å². The van der Waals surface area contributed by atoms with E-state index in [9.17, 15) is 4.79 Å². The Balaban J connectivity index is 1.45. The second-order valence-corrected chi connectivity index (χ2v) is 9.00. The number of nitrogens with zero attached hydrogens (tertiary/aromatic N) is 2. The van der Waals surface area contributed by atoms with Gasteiger partial charge in [0.2, 0.25) is 0 Å². The maximum absolute atomic E-state index is 12.1. The van der Waals surface area contributed by atoms with E-state index in [4.69, 9.17) is 9.72 Å². The van der Waals surface area contributed by atoms with E-state index in [0.29, 0.717) is 13.0 Å². The number of hydrogen-bond acceptors (Lipinski definition) is 4. The highest BCUT2D eigenvalue weighted by Crippen LogP contribution is 2.35. The summed E-state index contributed by atoms with van der Waals surface area (Å²) in [7, 11) is 4.14. The van der Waals surface area contributed by atoms with Gasteiger partial charge in [-0.2, -0.15) is 0 Å². The number of ether oxygens (including phenoxy) is 1. The van der Waals surface area contributed by atoms with Crippen LogP contribution in [0.25, 0.3) is 33.9 Å². The largest absolute Gasteiger partial charge is 0.494 e. The second-order valence-electron chi connectivity index (χ2n) is 9.00. The number of carbonyl (C=O) groups is 1. The molecular formula is C29H29N3O2. The van der Waals surface area contributed by atoms with Crippen molar-refractivity contribution >= 4 is 5.78 Å². The lowest BCUT2D eigenvalue weighted by Gasteiger charge is -2.10. The summed E-state index contributed by atoms with van der Waals surface area (Å²) >= 11 is 0. The van der Waals surface area contributed by atoms with Crippen LogP contribution in [0.2, 0.25) is 0 Å². The molecule has 172 valence electrons. The van der Waals surface area contributed by atoms with Gasteiger partial charge in [-0.3, -0.25) is 4.79 Å². The predicted octanol–water partition coefficient (Wildman–Crippen LogP) is 5.87. The Hall–Kier alpha value is -3.70. The first-order chi connectivity index (χ1) is 16.6.